The van der Waals surface area contributed by atoms with Crippen molar-refractivity contribution in [2.45, 2.75) is 12.5 Å². The van der Waals surface area contributed by atoms with Crippen LogP contribution in [-0.4, -0.2) is 50.3 Å². The second-order valence-electron chi connectivity index (χ2n) is 4.66. The number of hydrogen-bond acceptors (Lipinski definition) is 3. The number of nitrogens with one attached hydrogen (secondary N) is 1. The van der Waals surface area contributed by atoms with Crippen LogP contribution in [0.15, 0.2) is 0 Å². The highest BCUT2D eigenvalue weighted by Crippen LogP contribution is 2.31. The predicted molar refractivity (Wildman–Crippen MR) is 50.6 cm³/mol. The molecule has 0 radical (unpaired) electrons. The molecule has 0 unspecified atom stereocenters. The number of hydrogen-bond donors (Lipinski definition) is 1. The molecule has 0 aromatic rings. The highest BCUT2D eigenvalue weighted by Gasteiger charge is 2.39. The highest BCUT2D eigenvalue weighted by molar-refractivity contribution is 4.92. The SMILES string of the molecule is C1C[C@@H](N2C[C@H]3COC[C@H]3C2)CN1. The molecule has 0 aliphatic carbocycles. The van der Waals surface area contributed by atoms with E-state index in [0.717, 1.165) is 31.1 Å². The number of likely N-dealkylation sites (tertiary alicyclic amines) is 1. The zero-order valence-corrected chi connectivity index (χ0v) is 8.04. The normalized spacial score (nSPS) is 45.7. The number of fused-ring (bicyclic) bond motifs is 1. The summed E-state index contributed by atoms with van der Waals surface area (Å²) in [6.45, 7) is 7.03. The second kappa shape index (κ2) is 3.23. The number of rotatable bonds is 1. The van der Waals surface area contributed by atoms with Gasteiger partial charge in [0, 0.05) is 37.5 Å². The Morgan fingerprint density at radius 3 is 2.54 bits per heavy atom. The van der Waals surface area contributed by atoms with Crippen molar-refractivity contribution in [3.63, 3.8) is 0 Å². The Morgan fingerprint density at radius 1 is 1.15 bits per heavy atom. The van der Waals surface area contributed by atoms with Crippen LogP contribution in [0.1, 0.15) is 6.42 Å². The van der Waals surface area contributed by atoms with Crippen molar-refractivity contribution in [3.05, 3.63) is 0 Å². The fourth-order valence-electron chi connectivity index (χ4n) is 2.97. The van der Waals surface area contributed by atoms with Gasteiger partial charge in [0.25, 0.3) is 0 Å². The smallest absolute Gasteiger partial charge is 0.0510 e. The molecule has 0 bridgehead atoms. The first-order valence-corrected chi connectivity index (χ1v) is 5.46. The van der Waals surface area contributed by atoms with Crippen LogP contribution in [0.3, 0.4) is 0 Å². The van der Waals surface area contributed by atoms with Crippen LogP contribution >= 0.6 is 0 Å². The first-order valence-electron chi connectivity index (χ1n) is 5.46. The first-order chi connectivity index (χ1) is 6.43. The van der Waals surface area contributed by atoms with E-state index >= 15 is 0 Å². The summed E-state index contributed by atoms with van der Waals surface area (Å²) in [5.41, 5.74) is 0. The predicted octanol–water partition coefficient (Wildman–Crippen LogP) is -0.0735. The lowest BCUT2D eigenvalue weighted by atomic mass is 10.0. The first kappa shape index (κ1) is 8.21. The Balaban J connectivity index is 1.62. The fraction of sp³-hybridized carbons (Fsp3) is 1.00. The summed E-state index contributed by atoms with van der Waals surface area (Å²) < 4.78 is 5.48. The summed E-state index contributed by atoms with van der Waals surface area (Å²) in [7, 11) is 0. The lowest BCUT2D eigenvalue weighted by Gasteiger charge is -2.23. The summed E-state index contributed by atoms with van der Waals surface area (Å²) >= 11 is 0. The van der Waals surface area contributed by atoms with Crippen LogP contribution in [0, 0.1) is 11.8 Å². The van der Waals surface area contributed by atoms with Crippen LogP contribution in [0.2, 0.25) is 0 Å². The molecule has 3 heterocycles. The third kappa shape index (κ3) is 1.39. The summed E-state index contributed by atoms with van der Waals surface area (Å²) in [6, 6.07) is 0.825. The average Bonchev–Trinajstić information content (AvgIpc) is 2.78. The summed E-state index contributed by atoms with van der Waals surface area (Å²) in [5, 5.41) is 3.44. The molecule has 0 saturated carbocycles. The summed E-state index contributed by atoms with van der Waals surface area (Å²) in [5.74, 6) is 1.70. The Hall–Kier alpha value is -0.120. The van der Waals surface area contributed by atoms with Crippen LogP contribution in [-0.2, 0) is 4.74 Å². The Kier molecular flexibility index (Phi) is 2.04. The number of ether oxygens (including phenoxy) is 1. The molecule has 0 aromatic carbocycles. The van der Waals surface area contributed by atoms with Gasteiger partial charge in [-0.05, 0) is 13.0 Å². The summed E-state index contributed by atoms with van der Waals surface area (Å²) in [6.07, 6.45) is 1.35. The molecule has 3 heteroatoms. The Bertz CT molecular complexity index is 179. The van der Waals surface area contributed by atoms with Crippen molar-refractivity contribution in [1.29, 1.82) is 0 Å². The van der Waals surface area contributed by atoms with Gasteiger partial charge < -0.3 is 10.1 Å². The van der Waals surface area contributed by atoms with E-state index < -0.39 is 0 Å². The highest BCUT2D eigenvalue weighted by atomic mass is 16.5. The van der Waals surface area contributed by atoms with E-state index in [-0.39, 0.29) is 0 Å². The zero-order chi connectivity index (χ0) is 8.67. The maximum atomic E-state index is 5.48. The average molecular weight is 182 g/mol. The van der Waals surface area contributed by atoms with E-state index in [1.165, 1.54) is 32.6 Å². The van der Waals surface area contributed by atoms with Gasteiger partial charge >= 0.3 is 0 Å². The van der Waals surface area contributed by atoms with E-state index in [2.05, 4.69) is 10.2 Å². The monoisotopic (exact) mass is 182 g/mol. The van der Waals surface area contributed by atoms with Crippen LogP contribution in [0.25, 0.3) is 0 Å². The van der Waals surface area contributed by atoms with Crippen LogP contribution in [0.4, 0.5) is 0 Å². The van der Waals surface area contributed by atoms with E-state index in [9.17, 15) is 0 Å². The molecule has 3 atom stereocenters. The van der Waals surface area contributed by atoms with Crippen molar-refractivity contribution in [3.8, 4) is 0 Å². The summed E-state index contributed by atoms with van der Waals surface area (Å²) in [4.78, 5) is 2.68. The van der Waals surface area contributed by atoms with E-state index in [4.69, 9.17) is 4.74 Å². The molecule has 3 aliphatic heterocycles. The van der Waals surface area contributed by atoms with Gasteiger partial charge in [-0.15, -0.1) is 0 Å². The lowest BCUT2D eigenvalue weighted by Crippen LogP contribution is -2.36. The molecular weight excluding hydrogens is 164 g/mol. The van der Waals surface area contributed by atoms with Gasteiger partial charge in [0.05, 0.1) is 13.2 Å². The minimum Gasteiger partial charge on any atom is -0.381 e. The van der Waals surface area contributed by atoms with Gasteiger partial charge in [-0.2, -0.15) is 0 Å². The van der Waals surface area contributed by atoms with Crippen molar-refractivity contribution in [2.24, 2.45) is 11.8 Å². The van der Waals surface area contributed by atoms with Gasteiger partial charge in [0.2, 0.25) is 0 Å². The Labute approximate surface area is 79.4 Å². The van der Waals surface area contributed by atoms with Gasteiger partial charge in [0.15, 0.2) is 0 Å². The number of nitrogens with zero attached hydrogens (tertiary/aromatic N) is 1. The van der Waals surface area contributed by atoms with Gasteiger partial charge in [0.1, 0.15) is 0 Å². The van der Waals surface area contributed by atoms with Crippen molar-refractivity contribution in [1.82, 2.24) is 10.2 Å². The third-order valence-corrected chi connectivity index (χ3v) is 3.82. The zero-order valence-electron chi connectivity index (χ0n) is 8.04. The maximum Gasteiger partial charge on any atom is 0.0510 e. The largest absolute Gasteiger partial charge is 0.381 e. The van der Waals surface area contributed by atoms with Gasteiger partial charge in [-0.1, -0.05) is 0 Å². The molecule has 3 saturated heterocycles. The van der Waals surface area contributed by atoms with Gasteiger partial charge in [-0.3, -0.25) is 4.90 Å². The topological polar surface area (TPSA) is 24.5 Å². The molecule has 13 heavy (non-hydrogen) atoms. The minimum absolute atomic E-state index is 0.825. The Morgan fingerprint density at radius 2 is 1.92 bits per heavy atom. The fourth-order valence-corrected chi connectivity index (χ4v) is 2.97. The molecule has 0 spiro atoms. The lowest BCUT2D eigenvalue weighted by molar-refractivity contribution is 0.142. The van der Waals surface area contributed by atoms with E-state index in [1.807, 2.05) is 0 Å². The molecule has 0 aromatic heterocycles. The molecule has 3 fully saturated rings. The van der Waals surface area contributed by atoms with Crippen molar-refractivity contribution >= 4 is 0 Å². The second-order valence-corrected chi connectivity index (χ2v) is 4.66. The third-order valence-electron chi connectivity index (χ3n) is 3.82. The maximum absolute atomic E-state index is 5.48. The van der Waals surface area contributed by atoms with Crippen LogP contribution in [0.5, 0.6) is 0 Å². The molecule has 3 aliphatic rings. The molecular formula is C10H18N2O. The van der Waals surface area contributed by atoms with E-state index in [1.54, 1.807) is 0 Å². The minimum atomic E-state index is 0.825. The van der Waals surface area contributed by atoms with Gasteiger partial charge in [-0.25, -0.2) is 0 Å². The van der Waals surface area contributed by atoms with E-state index in [0.29, 0.717) is 0 Å². The van der Waals surface area contributed by atoms with Crippen LogP contribution < -0.4 is 5.32 Å². The van der Waals surface area contributed by atoms with Crippen molar-refractivity contribution < 1.29 is 4.74 Å². The standard InChI is InChI=1S/C10H18N2O/c1-2-11-3-10(1)12-4-8-6-13-7-9(8)5-12/h8-11H,1-7H2/t8-,9+,10-/m1/s1. The van der Waals surface area contributed by atoms with Crippen molar-refractivity contribution in [2.75, 3.05) is 39.4 Å². The molecule has 1 N–H and O–H groups in total. The molecule has 74 valence electrons. The molecule has 0 amide bonds. The molecule has 3 nitrogen and oxygen atoms in total. The molecule has 3 rings (SSSR count). The quantitative estimate of drug-likeness (QED) is 0.614.